The summed E-state index contributed by atoms with van der Waals surface area (Å²) in [6.45, 7) is 7.74. The zero-order valence-electron chi connectivity index (χ0n) is 42.8. The molecule has 0 fully saturated rings. The van der Waals surface area contributed by atoms with E-state index in [2.05, 4.69) is 81.5 Å². The summed E-state index contributed by atoms with van der Waals surface area (Å²) in [4.78, 5) is 25.5. The third-order valence-electron chi connectivity index (χ3n) is 12.0. The molecule has 0 rings (SSSR count). The van der Waals surface area contributed by atoms with Crippen LogP contribution in [0, 0.1) is 0 Å². The molecule has 64 heavy (non-hydrogen) atoms. The predicted octanol–water partition coefficient (Wildman–Crippen LogP) is 18.9. The SMILES string of the molecule is CCC/C=C\C/C=C\CCCCCCCCOCC(COC(=O)CCCCCCCC/C=C\C/C=C\C/C=C\CCCCC)OC(=O)CCCCCCCCCCCCCCCCC. The first-order valence-corrected chi connectivity index (χ1v) is 27.8. The average molecular weight is 895 g/mol. The van der Waals surface area contributed by atoms with Gasteiger partial charge in [-0.3, -0.25) is 9.59 Å². The van der Waals surface area contributed by atoms with Gasteiger partial charge >= 0.3 is 11.9 Å². The summed E-state index contributed by atoms with van der Waals surface area (Å²) in [7, 11) is 0. The van der Waals surface area contributed by atoms with E-state index in [0.29, 0.717) is 19.4 Å². The quantitative estimate of drug-likeness (QED) is 0.0346. The van der Waals surface area contributed by atoms with Crippen LogP contribution in [-0.2, 0) is 23.8 Å². The summed E-state index contributed by atoms with van der Waals surface area (Å²) in [6, 6.07) is 0. The van der Waals surface area contributed by atoms with Crippen molar-refractivity contribution in [3.63, 3.8) is 0 Å². The highest BCUT2D eigenvalue weighted by molar-refractivity contribution is 5.70. The van der Waals surface area contributed by atoms with Crippen molar-refractivity contribution in [3.05, 3.63) is 60.8 Å². The van der Waals surface area contributed by atoms with Crippen molar-refractivity contribution < 1.29 is 23.8 Å². The fourth-order valence-corrected chi connectivity index (χ4v) is 7.85. The fourth-order valence-electron chi connectivity index (χ4n) is 7.85. The number of esters is 2. The number of carbonyl (C=O) groups is 2. The molecule has 0 aromatic rings. The third kappa shape index (κ3) is 52.2. The molecule has 0 aliphatic carbocycles. The van der Waals surface area contributed by atoms with Crippen LogP contribution < -0.4 is 0 Å². The Morgan fingerprint density at radius 2 is 0.688 bits per heavy atom. The maximum Gasteiger partial charge on any atom is 0.306 e. The summed E-state index contributed by atoms with van der Waals surface area (Å²) in [5, 5.41) is 0. The van der Waals surface area contributed by atoms with Crippen LogP contribution in [0.5, 0.6) is 0 Å². The Labute approximate surface area is 398 Å². The highest BCUT2D eigenvalue weighted by Crippen LogP contribution is 2.15. The van der Waals surface area contributed by atoms with E-state index >= 15 is 0 Å². The van der Waals surface area contributed by atoms with Gasteiger partial charge in [0.2, 0.25) is 0 Å². The Morgan fingerprint density at radius 1 is 0.344 bits per heavy atom. The number of hydrogen-bond acceptors (Lipinski definition) is 5. The van der Waals surface area contributed by atoms with Crippen LogP contribution in [0.3, 0.4) is 0 Å². The van der Waals surface area contributed by atoms with Crippen molar-refractivity contribution in [2.24, 2.45) is 0 Å². The first kappa shape index (κ1) is 61.6. The molecule has 0 aliphatic rings. The molecular weight excluding hydrogens is 789 g/mol. The van der Waals surface area contributed by atoms with Crippen LogP contribution in [0.4, 0.5) is 0 Å². The summed E-state index contributed by atoms with van der Waals surface area (Å²) in [6.07, 6.45) is 69.4. The standard InChI is InChI=1S/C59H106O5/c1-4-7-10-13-16-19-22-25-28-29-30-31-33-34-37-40-43-46-49-52-58(60)63-56-57(55-62-54-51-48-45-42-39-36-27-24-21-18-15-12-9-6-3)64-59(61)53-50-47-44-41-38-35-32-26-23-20-17-14-11-8-5-2/h12,15-16,19,21,24-25,28,30-31,57H,4-11,13-14,17-18,20,22-23,26-27,29,32-56H2,1-3H3/b15-12-,19-16-,24-21-,28-25-,31-30-. The highest BCUT2D eigenvalue weighted by Gasteiger charge is 2.17. The lowest BCUT2D eigenvalue weighted by atomic mass is 10.0. The lowest BCUT2D eigenvalue weighted by Gasteiger charge is -2.18. The third-order valence-corrected chi connectivity index (χ3v) is 12.0. The van der Waals surface area contributed by atoms with Crippen LogP contribution in [-0.4, -0.2) is 37.9 Å². The van der Waals surface area contributed by atoms with E-state index < -0.39 is 6.10 Å². The second kappa shape index (κ2) is 54.9. The van der Waals surface area contributed by atoms with Crippen LogP contribution in [0.15, 0.2) is 60.8 Å². The van der Waals surface area contributed by atoms with Crippen LogP contribution in [0.2, 0.25) is 0 Å². The van der Waals surface area contributed by atoms with Gasteiger partial charge in [0.25, 0.3) is 0 Å². The minimum Gasteiger partial charge on any atom is -0.462 e. The Morgan fingerprint density at radius 3 is 1.14 bits per heavy atom. The Bertz CT molecular complexity index is 1100. The zero-order chi connectivity index (χ0) is 46.3. The van der Waals surface area contributed by atoms with E-state index in [1.54, 1.807) is 0 Å². The summed E-state index contributed by atoms with van der Waals surface area (Å²) < 4.78 is 17.4. The van der Waals surface area contributed by atoms with Crippen molar-refractivity contribution in [2.75, 3.05) is 19.8 Å². The van der Waals surface area contributed by atoms with E-state index in [4.69, 9.17) is 14.2 Å². The molecule has 0 saturated carbocycles. The maximum atomic E-state index is 12.8. The number of allylic oxidation sites excluding steroid dienone is 10. The van der Waals surface area contributed by atoms with Gasteiger partial charge in [-0.05, 0) is 83.5 Å². The Balaban J connectivity index is 4.28. The molecule has 0 radical (unpaired) electrons. The molecule has 1 atom stereocenters. The second-order valence-corrected chi connectivity index (χ2v) is 18.5. The Hall–Kier alpha value is -2.40. The molecular formula is C59H106O5. The summed E-state index contributed by atoms with van der Waals surface area (Å²) >= 11 is 0. The minimum atomic E-state index is -0.546. The molecule has 372 valence electrons. The molecule has 0 aromatic heterocycles. The first-order valence-electron chi connectivity index (χ1n) is 27.8. The van der Waals surface area contributed by atoms with Crippen LogP contribution in [0.25, 0.3) is 0 Å². The van der Waals surface area contributed by atoms with Crippen LogP contribution >= 0.6 is 0 Å². The molecule has 0 saturated heterocycles. The number of ether oxygens (including phenoxy) is 3. The zero-order valence-corrected chi connectivity index (χ0v) is 42.8. The van der Waals surface area contributed by atoms with Gasteiger partial charge in [0, 0.05) is 19.4 Å². The van der Waals surface area contributed by atoms with Gasteiger partial charge in [-0.25, -0.2) is 0 Å². The molecule has 0 spiro atoms. The van der Waals surface area contributed by atoms with Gasteiger partial charge in [0.1, 0.15) is 6.61 Å². The molecule has 1 unspecified atom stereocenters. The molecule has 0 aromatic carbocycles. The summed E-state index contributed by atoms with van der Waals surface area (Å²) in [5.41, 5.74) is 0. The molecule has 0 amide bonds. The van der Waals surface area contributed by atoms with Crippen molar-refractivity contribution >= 4 is 11.9 Å². The number of hydrogen-bond donors (Lipinski definition) is 0. The first-order chi connectivity index (χ1) is 31.6. The fraction of sp³-hybridized carbons (Fsp3) is 0.797. The monoisotopic (exact) mass is 895 g/mol. The normalized spacial score (nSPS) is 12.6. The van der Waals surface area contributed by atoms with Gasteiger partial charge in [-0.2, -0.15) is 0 Å². The van der Waals surface area contributed by atoms with E-state index in [9.17, 15) is 9.59 Å². The smallest absolute Gasteiger partial charge is 0.306 e. The van der Waals surface area contributed by atoms with Gasteiger partial charge in [0.05, 0.1) is 6.61 Å². The number of rotatable bonds is 51. The average Bonchev–Trinajstić information content (AvgIpc) is 3.30. The van der Waals surface area contributed by atoms with Crippen molar-refractivity contribution in [1.82, 2.24) is 0 Å². The van der Waals surface area contributed by atoms with E-state index in [-0.39, 0.29) is 25.2 Å². The lowest BCUT2D eigenvalue weighted by molar-refractivity contribution is -0.163. The molecule has 0 aliphatic heterocycles. The molecule has 0 N–H and O–H groups in total. The lowest BCUT2D eigenvalue weighted by Crippen LogP contribution is -2.30. The topological polar surface area (TPSA) is 61.8 Å². The highest BCUT2D eigenvalue weighted by atomic mass is 16.6. The Kier molecular flexibility index (Phi) is 52.9. The largest absolute Gasteiger partial charge is 0.462 e. The van der Waals surface area contributed by atoms with E-state index in [0.717, 1.165) is 70.6 Å². The van der Waals surface area contributed by atoms with Gasteiger partial charge in [-0.15, -0.1) is 0 Å². The second-order valence-electron chi connectivity index (χ2n) is 18.5. The molecule has 5 heteroatoms. The maximum absolute atomic E-state index is 12.8. The number of unbranched alkanes of at least 4 members (excludes halogenated alkanes) is 30. The van der Waals surface area contributed by atoms with E-state index in [1.807, 2.05) is 0 Å². The molecule has 0 heterocycles. The van der Waals surface area contributed by atoms with Crippen molar-refractivity contribution in [1.29, 1.82) is 0 Å². The molecule has 0 bridgehead atoms. The van der Waals surface area contributed by atoms with Crippen LogP contribution in [0.1, 0.15) is 278 Å². The van der Waals surface area contributed by atoms with Gasteiger partial charge in [0.15, 0.2) is 6.10 Å². The van der Waals surface area contributed by atoms with E-state index in [1.165, 1.54) is 173 Å². The summed E-state index contributed by atoms with van der Waals surface area (Å²) in [5.74, 6) is -0.407. The van der Waals surface area contributed by atoms with Crippen molar-refractivity contribution in [2.45, 2.75) is 284 Å². The molecule has 5 nitrogen and oxygen atoms in total. The van der Waals surface area contributed by atoms with Gasteiger partial charge in [-0.1, -0.05) is 242 Å². The van der Waals surface area contributed by atoms with Gasteiger partial charge < -0.3 is 14.2 Å². The van der Waals surface area contributed by atoms with Crippen molar-refractivity contribution in [3.8, 4) is 0 Å². The minimum absolute atomic E-state index is 0.0758. The predicted molar refractivity (Wildman–Crippen MR) is 279 cm³/mol. The number of carbonyl (C=O) groups excluding carboxylic acids is 2.